The third kappa shape index (κ3) is 2.97. The third-order valence-corrected chi connectivity index (χ3v) is 3.86. The summed E-state index contributed by atoms with van der Waals surface area (Å²) in [5.74, 6) is -1.22. The number of likely N-dealkylation sites (N-methyl/N-ethyl adjacent to an activating group) is 1. The molecule has 0 saturated carbocycles. The van der Waals surface area contributed by atoms with Crippen LogP contribution < -0.4 is 5.32 Å². The van der Waals surface area contributed by atoms with Crippen molar-refractivity contribution in [1.82, 2.24) is 15.1 Å². The molecule has 2 rings (SSSR count). The van der Waals surface area contributed by atoms with Crippen molar-refractivity contribution in [2.75, 3.05) is 26.7 Å². The topological polar surface area (TPSA) is 90.0 Å². The summed E-state index contributed by atoms with van der Waals surface area (Å²) in [5, 5.41) is 11.6. The van der Waals surface area contributed by atoms with Crippen LogP contribution in [0.3, 0.4) is 0 Å². The van der Waals surface area contributed by atoms with Crippen LogP contribution in [-0.4, -0.2) is 65.5 Å². The molecular weight excluding hydrogens is 250 g/mol. The molecule has 2 saturated heterocycles. The van der Waals surface area contributed by atoms with Crippen molar-refractivity contribution in [1.29, 1.82) is 0 Å². The number of carbonyl (C=O) groups is 3. The van der Waals surface area contributed by atoms with Gasteiger partial charge in [-0.3, -0.25) is 9.59 Å². The number of amides is 3. The molecule has 19 heavy (non-hydrogen) atoms. The predicted octanol–water partition coefficient (Wildman–Crippen LogP) is -0.277. The standard InChI is InChI=1S/C12H19N3O4/c1-14-5-4-9(10(14)16)13-12(19)15-6-2-8(3-7-15)11(17)18/h8-9H,2-7H2,1H3,(H,13,19)(H,17,18). The Bertz CT molecular complexity index is 390. The van der Waals surface area contributed by atoms with E-state index in [0.717, 1.165) is 0 Å². The number of carboxylic acids is 1. The van der Waals surface area contributed by atoms with Crippen molar-refractivity contribution in [2.45, 2.75) is 25.3 Å². The first-order valence-electron chi connectivity index (χ1n) is 6.52. The molecule has 0 aliphatic carbocycles. The van der Waals surface area contributed by atoms with Crippen LogP contribution >= 0.6 is 0 Å². The SMILES string of the molecule is CN1CCC(NC(=O)N2CCC(C(=O)O)CC2)C1=O. The number of piperidine rings is 1. The van der Waals surface area contributed by atoms with Gasteiger partial charge in [0.15, 0.2) is 0 Å². The van der Waals surface area contributed by atoms with Crippen molar-refractivity contribution in [3.05, 3.63) is 0 Å². The van der Waals surface area contributed by atoms with Crippen molar-refractivity contribution in [3.8, 4) is 0 Å². The lowest BCUT2D eigenvalue weighted by Crippen LogP contribution is -2.50. The van der Waals surface area contributed by atoms with Crippen molar-refractivity contribution in [3.63, 3.8) is 0 Å². The molecule has 2 fully saturated rings. The molecule has 0 radical (unpaired) electrons. The highest BCUT2D eigenvalue weighted by Crippen LogP contribution is 2.18. The van der Waals surface area contributed by atoms with Gasteiger partial charge in [-0.2, -0.15) is 0 Å². The molecule has 2 aliphatic rings. The van der Waals surface area contributed by atoms with E-state index in [0.29, 0.717) is 38.9 Å². The lowest BCUT2D eigenvalue weighted by atomic mass is 9.97. The number of aliphatic carboxylic acids is 1. The minimum atomic E-state index is -0.798. The minimum Gasteiger partial charge on any atom is -0.481 e. The van der Waals surface area contributed by atoms with Gasteiger partial charge >= 0.3 is 12.0 Å². The van der Waals surface area contributed by atoms with E-state index in [1.165, 1.54) is 0 Å². The van der Waals surface area contributed by atoms with Crippen LogP contribution in [0.2, 0.25) is 0 Å². The van der Waals surface area contributed by atoms with Gasteiger partial charge in [0.1, 0.15) is 6.04 Å². The molecule has 1 unspecified atom stereocenters. The average Bonchev–Trinajstić information content (AvgIpc) is 2.71. The van der Waals surface area contributed by atoms with Crippen LogP contribution in [-0.2, 0) is 9.59 Å². The van der Waals surface area contributed by atoms with Gasteiger partial charge in [-0.15, -0.1) is 0 Å². The molecule has 0 aromatic rings. The lowest BCUT2D eigenvalue weighted by Gasteiger charge is -2.30. The van der Waals surface area contributed by atoms with E-state index in [9.17, 15) is 14.4 Å². The van der Waals surface area contributed by atoms with E-state index >= 15 is 0 Å². The maximum atomic E-state index is 12.0. The van der Waals surface area contributed by atoms with E-state index in [1.54, 1.807) is 16.8 Å². The zero-order chi connectivity index (χ0) is 14.0. The molecule has 2 heterocycles. The maximum Gasteiger partial charge on any atom is 0.318 e. The lowest BCUT2D eigenvalue weighted by molar-refractivity contribution is -0.143. The summed E-state index contributed by atoms with van der Waals surface area (Å²) in [7, 11) is 1.72. The van der Waals surface area contributed by atoms with Gasteiger partial charge < -0.3 is 20.2 Å². The summed E-state index contributed by atoms with van der Waals surface area (Å²) in [4.78, 5) is 37.7. The monoisotopic (exact) mass is 269 g/mol. The van der Waals surface area contributed by atoms with Crippen LogP contribution in [0.15, 0.2) is 0 Å². The number of nitrogens with zero attached hydrogens (tertiary/aromatic N) is 2. The summed E-state index contributed by atoms with van der Waals surface area (Å²) in [6, 6.07) is -0.702. The molecule has 7 heteroatoms. The van der Waals surface area contributed by atoms with Crippen LogP contribution in [0.25, 0.3) is 0 Å². The molecule has 0 aromatic carbocycles. The zero-order valence-corrected chi connectivity index (χ0v) is 11.0. The van der Waals surface area contributed by atoms with Gasteiger partial charge in [-0.05, 0) is 19.3 Å². The number of rotatable bonds is 2. The van der Waals surface area contributed by atoms with Gasteiger partial charge in [-0.1, -0.05) is 0 Å². The molecule has 1 atom stereocenters. The molecule has 2 aliphatic heterocycles. The van der Waals surface area contributed by atoms with Gasteiger partial charge in [0.2, 0.25) is 5.91 Å². The number of hydrogen-bond acceptors (Lipinski definition) is 3. The molecule has 3 amide bonds. The summed E-state index contributed by atoms with van der Waals surface area (Å²) in [6.07, 6.45) is 1.58. The van der Waals surface area contributed by atoms with Crippen molar-refractivity contribution >= 4 is 17.9 Å². The first-order chi connectivity index (χ1) is 8.99. The Labute approximate surface area is 111 Å². The normalized spacial score (nSPS) is 24.7. The number of carbonyl (C=O) groups excluding carboxylic acids is 2. The number of urea groups is 1. The molecule has 0 bridgehead atoms. The van der Waals surface area contributed by atoms with Crippen LogP contribution in [0, 0.1) is 5.92 Å². The summed E-state index contributed by atoms with van der Waals surface area (Å²) in [5.41, 5.74) is 0. The largest absolute Gasteiger partial charge is 0.481 e. The highest BCUT2D eigenvalue weighted by atomic mass is 16.4. The van der Waals surface area contributed by atoms with Crippen LogP contribution in [0.4, 0.5) is 4.79 Å². The molecule has 2 N–H and O–H groups in total. The summed E-state index contributed by atoms with van der Waals surface area (Å²) < 4.78 is 0. The predicted molar refractivity (Wildman–Crippen MR) is 66.5 cm³/mol. The molecular formula is C12H19N3O4. The smallest absolute Gasteiger partial charge is 0.318 e. The van der Waals surface area contributed by atoms with Crippen molar-refractivity contribution in [2.24, 2.45) is 5.92 Å². The van der Waals surface area contributed by atoms with Gasteiger partial charge in [0.25, 0.3) is 0 Å². The highest BCUT2D eigenvalue weighted by molar-refractivity contribution is 5.88. The summed E-state index contributed by atoms with van der Waals surface area (Å²) >= 11 is 0. The van der Waals surface area contributed by atoms with E-state index in [-0.39, 0.29) is 17.9 Å². The number of carboxylic acid groups (broad SMARTS) is 1. The second-order valence-corrected chi connectivity index (χ2v) is 5.15. The quantitative estimate of drug-likeness (QED) is 0.721. The van der Waals surface area contributed by atoms with E-state index in [2.05, 4.69) is 5.32 Å². The van der Waals surface area contributed by atoms with Crippen LogP contribution in [0.1, 0.15) is 19.3 Å². The molecule has 106 valence electrons. The molecule has 7 nitrogen and oxygen atoms in total. The first kappa shape index (κ1) is 13.6. The Kier molecular flexibility index (Phi) is 3.92. The Morgan fingerprint density at radius 3 is 2.32 bits per heavy atom. The van der Waals surface area contributed by atoms with Gasteiger partial charge in [0, 0.05) is 26.7 Å². The Hall–Kier alpha value is -1.79. The third-order valence-electron chi connectivity index (χ3n) is 3.86. The fraction of sp³-hybridized carbons (Fsp3) is 0.750. The maximum absolute atomic E-state index is 12.0. The Balaban J connectivity index is 1.82. The van der Waals surface area contributed by atoms with E-state index in [4.69, 9.17) is 5.11 Å². The zero-order valence-electron chi connectivity index (χ0n) is 11.0. The van der Waals surface area contributed by atoms with E-state index in [1.807, 2.05) is 0 Å². The first-order valence-corrected chi connectivity index (χ1v) is 6.52. The molecule has 0 spiro atoms. The Morgan fingerprint density at radius 2 is 1.84 bits per heavy atom. The number of hydrogen-bond donors (Lipinski definition) is 2. The van der Waals surface area contributed by atoms with Crippen LogP contribution in [0.5, 0.6) is 0 Å². The second kappa shape index (κ2) is 5.46. The molecule has 0 aromatic heterocycles. The Morgan fingerprint density at radius 1 is 1.21 bits per heavy atom. The van der Waals surface area contributed by atoms with E-state index < -0.39 is 12.0 Å². The number of likely N-dealkylation sites (tertiary alicyclic amines) is 2. The fourth-order valence-electron chi connectivity index (χ4n) is 2.53. The minimum absolute atomic E-state index is 0.0613. The van der Waals surface area contributed by atoms with Gasteiger partial charge in [0.05, 0.1) is 5.92 Å². The summed E-state index contributed by atoms with van der Waals surface area (Å²) in [6.45, 7) is 1.52. The highest BCUT2D eigenvalue weighted by Gasteiger charge is 2.33. The fourth-order valence-corrected chi connectivity index (χ4v) is 2.53. The average molecular weight is 269 g/mol. The van der Waals surface area contributed by atoms with Gasteiger partial charge in [-0.25, -0.2) is 4.79 Å². The second-order valence-electron chi connectivity index (χ2n) is 5.15. The van der Waals surface area contributed by atoms with Crippen molar-refractivity contribution < 1.29 is 19.5 Å². The number of nitrogens with one attached hydrogen (secondary N) is 1.